The van der Waals surface area contributed by atoms with Gasteiger partial charge in [-0.1, -0.05) is 19.9 Å². The summed E-state index contributed by atoms with van der Waals surface area (Å²) in [4.78, 5) is 11.5. The molecule has 0 spiro atoms. The van der Waals surface area contributed by atoms with Crippen LogP contribution < -0.4 is 5.73 Å². The third kappa shape index (κ3) is 3.50. The number of ketones is 1. The van der Waals surface area contributed by atoms with Crippen LogP contribution in [0.5, 0.6) is 0 Å². The number of nitrogens with two attached hydrogens (primary N) is 1. The second-order valence-corrected chi connectivity index (χ2v) is 7.16. The highest BCUT2D eigenvalue weighted by Gasteiger charge is 2.24. The molecule has 0 bridgehead atoms. The van der Waals surface area contributed by atoms with E-state index in [2.05, 4.69) is 18.4 Å². The lowest BCUT2D eigenvalue weighted by Gasteiger charge is -2.23. The highest BCUT2D eigenvalue weighted by molar-refractivity contribution is 6.01. The molecule has 5 heteroatoms. The second kappa shape index (κ2) is 7.35. The standard InChI is InChI=1S/C22H24FN3O/c1-13(2)22-18(9-4-14(3)27)19-11-20(25)15(12-24)10-21(19)26(22)17-7-5-16(23)6-8-17/h4-7,9-13,17,24H,8,25H2,1-3H3/b9-4+,24-12?. The van der Waals surface area contributed by atoms with Crippen molar-refractivity contribution in [2.45, 2.75) is 39.2 Å². The number of nitrogen functional groups attached to an aromatic ring is 1. The molecule has 3 rings (SSSR count). The number of benzene rings is 1. The summed E-state index contributed by atoms with van der Waals surface area (Å²) in [7, 11) is 0. The number of hydrogen-bond acceptors (Lipinski definition) is 3. The summed E-state index contributed by atoms with van der Waals surface area (Å²) in [6.07, 6.45) is 10.1. The van der Waals surface area contributed by atoms with Crippen LogP contribution in [0.15, 0.2) is 42.3 Å². The molecule has 0 fully saturated rings. The van der Waals surface area contributed by atoms with Gasteiger partial charge in [0.25, 0.3) is 0 Å². The molecule has 0 saturated heterocycles. The maximum Gasteiger partial charge on any atom is 0.152 e. The van der Waals surface area contributed by atoms with E-state index in [0.29, 0.717) is 17.7 Å². The van der Waals surface area contributed by atoms with Crippen molar-refractivity contribution in [1.29, 1.82) is 5.41 Å². The number of nitrogens with zero attached hydrogens (tertiary/aromatic N) is 1. The first-order valence-electron chi connectivity index (χ1n) is 9.03. The molecule has 1 unspecified atom stereocenters. The molecule has 1 aliphatic rings. The Morgan fingerprint density at radius 3 is 2.70 bits per heavy atom. The topological polar surface area (TPSA) is 71.9 Å². The van der Waals surface area contributed by atoms with Gasteiger partial charge in [0.1, 0.15) is 5.83 Å². The largest absolute Gasteiger partial charge is 0.398 e. The van der Waals surface area contributed by atoms with Gasteiger partial charge in [-0.3, -0.25) is 4.79 Å². The van der Waals surface area contributed by atoms with E-state index in [-0.39, 0.29) is 23.6 Å². The summed E-state index contributed by atoms with van der Waals surface area (Å²) in [6, 6.07) is 3.73. The Balaban J connectivity index is 2.37. The van der Waals surface area contributed by atoms with Crippen molar-refractivity contribution in [1.82, 2.24) is 4.57 Å². The number of halogens is 1. The summed E-state index contributed by atoms with van der Waals surface area (Å²) in [6.45, 7) is 5.71. The highest BCUT2D eigenvalue weighted by atomic mass is 19.1. The molecule has 1 aliphatic carbocycles. The van der Waals surface area contributed by atoms with Gasteiger partial charge in [-0.25, -0.2) is 4.39 Å². The smallest absolute Gasteiger partial charge is 0.152 e. The van der Waals surface area contributed by atoms with Crippen LogP contribution in [0.4, 0.5) is 10.1 Å². The number of rotatable bonds is 5. The van der Waals surface area contributed by atoms with Crippen molar-refractivity contribution in [3.05, 3.63) is 59.1 Å². The number of aromatic nitrogens is 1. The Morgan fingerprint density at radius 1 is 1.41 bits per heavy atom. The molecule has 0 amide bonds. The molecule has 0 saturated carbocycles. The molecule has 1 aromatic heterocycles. The maximum atomic E-state index is 13.5. The minimum absolute atomic E-state index is 0.0303. The molecule has 2 aromatic rings. The second-order valence-electron chi connectivity index (χ2n) is 7.16. The van der Waals surface area contributed by atoms with E-state index < -0.39 is 0 Å². The van der Waals surface area contributed by atoms with E-state index in [1.54, 1.807) is 12.2 Å². The Bertz CT molecular complexity index is 1010. The van der Waals surface area contributed by atoms with Crippen LogP contribution in [0, 0.1) is 5.41 Å². The van der Waals surface area contributed by atoms with Gasteiger partial charge in [0.05, 0.1) is 11.6 Å². The molecular formula is C22H24FN3O. The number of carbonyl (C=O) groups is 1. The van der Waals surface area contributed by atoms with Gasteiger partial charge in [0.2, 0.25) is 0 Å². The fourth-order valence-corrected chi connectivity index (χ4v) is 3.66. The average molecular weight is 365 g/mol. The summed E-state index contributed by atoms with van der Waals surface area (Å²) in [5.74, 6) is -0.0787. The van der Waals surface area contributed by atoms with E-state index in [0.717, 1.165) is 22.2 Å². The van der Waals surface area contributed by atoms with E-state index in [1.807, 2.05) is 24.3 Å². The first-order chi connectivity index (χ1) is 12.8. The third-order valence-electron chi connectivity index (χ3n) is 4.84. The Labute approximate surface area is 158 Å². The normalized spacial score (nSPS) is 17.1. The molecule has 0 radical (unpaired) electrons. The Morgan fingerprint density at radius 2 is 2.15 bits per heavy atom. The van der Waals surface area contributed by atoms with Crippen LogP contribution in [-0.4, -0.2) is 16.6 Å². The Kier molecular flexibility index (Phi) is 5.13. The molecule has 1 atom stereocenters. The van der Waals surface area contributed by atoms with Gasteiger partial charge in [-0.2, -0.15) is 0 Å². The SMILES string of the molecule is CC(=O)/C=C/c1c(C(C)C)n(C2C=CC(F)=CC2)c2cc(C=N)c(N)cc12. The van der Waals surface area contributed by atoms with E-state index >= 15 is 0 Å². The number of fused-ring (bicyclic) bond motifs is 1. The van der Waals surface area contributed by atoms with E-state index in [1.165, 1.54) is 19.2 Å². The first kappa shape index (κ1) is 18.8. The lowest BCUT2D eigenvalue weighted by molar-refractivity contribution is -0.112. The van der Waals surface area contributed by atoms with Crippen molar-refractivity contribution in [2.24, 2.45) is 0 Å². The van der Waals surface area contributed by atoms with Crippen molar-refractivity contribution in [2.75, 3.05) is 5.73 Å². The van der Waals surface area contributed by atoms with Gasteiger partial charge in [-0.15, -0.1) is 0 Å². The molecule has 0 aliphatic heterocycles. The number of carbonyl (C=O) groups excluding carboxylic acids is 1. The van der Waals surface area contributed by atoms with Crippen LogP contribution in [0.3, 0.4) is 0 Å². The lowest BCUT2D eigenvalue weighted by atomic mass is 10.0. The number of anilines is 1. The van der Waals surface area contributed by atoms with Crippen LogP contribution in [0.1, 0.15) is 56.0 Å². The summed E-state index contributed by atoms with van der Waals surface area (Å²) in [5, 5.41) is 8.57. The zero-order valence-corrected chi connectivity index (χ0v) is 15.8. The van der Waals surface area contributed by atoms with E-state index in [4.69, 9.17) is 11.1 Å². The fraction of sp³-hybridized carbons (Fsp3) is 0.273. The van der Waals surface area contributed by atoms with Gasteiger partial charge in [0, 0.05) is 34.1 Å². The average Bonchev–Trinajstić information content (AvgIpc) is 2.93. The molecule has 1 heterocycles. The first-order valence-corrected chi connectivity index (χ1v) is 9.03. The van der Waals surface area contributed by atoms with Crippen LogP contribution in [0.2, 0.25) is 0 Å². The van der Waals surface area contributed by atoms with Crippen molar-refractivity contribution in [3.63, 3.8) is 0 Å². The fourth-order valence-electron chi connectivity index (χ4n) is 3.66. The molecule has 27 heavy (non-hydrogen) atoms. The Hall–Kier alpha value is -2.95. The van der Waals surface area contributed by atoms with Gasteiger partial charge in [-0.05, 0) is 55.7 Å². The number of hydrogen-bond donors (Lipinski definition) is 2. The molecule has 3 N–H and O–H groups in total. The summed E-state index contributed by atoms with van der Waals surface area (Å²) >= 11 is 0. The van der Waals surface area contributed by atoms with Crippen LogP contribution in [-0.2, 0) is 4.79 Å². The molecular weight excluding hydrogens is 341 g/mol. The number of nitrogens with one attached hydrogen (secondary N) is 1. The van der Waals surface area contributed by atoms with Gasteiger partial charge < -0.3 is 15.7 Å². The van der Waals surface area contributed by atoms with Crippen molar-refractivity contribution < 1.29 is 9.18 Å². The zero-order chi connectivity index (χ0) is 19.7. The number of allylic oxidation sites excluding steroid dienone is 5. The van der Waals surface area contributed by atoms with Gasteiger partial charge in [0.15, 0.2) is 5.78 Å². The van der Waals surface area contributed by atoms with Gasteiger partial charge >= 0.3 is 0 Å². The zero-order valence-electron chi connectivity index (χ0n) is 15.8. The predicted octanol–water partition coefficient (Wildman–Crippen LogP) is 5.30. The molecule has 140 valence electrons. The molecule has 1 aromatic carbocycles. The summed E-state index contributed by atoms with van der Waals surface area (Å²) in [5.41, 5.74) is 10.2. The molecule has 4 nitrogen and oxygen atoms in total. The monoisotopic (exact) mass is 365 g/mol. The van der Waals surface area contributed by atoms with Crippen molar-refractivity contribution >= 4 is 34.7 Å². The van der Waals surface area contributed by atoms with Crippen LogP contribution >= 0.6 is 0 Å². The summed E-state index contributed by atoms with van der Waals surface area (Å²) < 4.78 is 15.7. The van der Waals surface area contributed by atoms with E-state index in [9.17, 15) is 9.18 Å². The highest BCUT2D eigenvalue weighted by Crippen LogP contribution is 2.39. The lowest BCUT2D eigenvalue weighted by Crippen LogP contribution is -2.12. The van der Waals surface area contributed by atoms with Crippen molar-refractivity contribution in [3.8, 4) is 0 Å². The maximum absolute atomic E-state index is 13.5. The minimum atomic E-state index is -0.227. The predicted molar refractivity (Wildman–Crippen MR) is 110 cm³/mol. The third-order valence-corrected chi connectivity index (χ3v) is 4.84. The minimum Gasteiger partial charge on any atom is -0.398 e. The van der Waals surface area contributed by atoms with Crippen LogP contribution in [0.25, 0.3) is 17.0 Å². The quantitative estimate of drug-likeness (QED) is 0.429.